The number of aryl methyl sites for hydroxylation is 1. The molecule has 5 heteroatoms. The van der Waals surface area contributed by atoms with Crippen LogP contribution in [0.25, 0.3) is 0 Å². The number of nitrogens with two attached hydrogens (primary N) is 1. The van der Waals surface area contributed by atoms with Crippen LogP contribution in [0.1, 0.15) is 30.3 Å². The molecule has 106 valence electrons. The molecule has 4 nitrogen and oxygen atoms in total. The molecular weight excluding hydrogens is 270 g/mol. The van der Waals surface area contributed by atoms with Crippen molar-refractivity contribution >= 4 is 17.2 Å². The van der Waals surface area contributed by atoms with Gasteiger partial charge >= 0.3 is 0 Å². The number of nitrogens with zero attached hydrogens (tertiary/aromatic N) is 2. The number of ether oxygens (including phenoxy) is 1. The first-order chi connectivity index (χ1) is 9.65. The van der Waals surface area contributed by atoms with E-state index in [4.69, 9.17) is 22.7 Å². The highest BCUT2D eigenvalue weighted by Crippen LogP contribution is 2.21. The van der Waals surface area contributed by atoms with E-state index in [-0.39, 0.29) is 0 Å². The van der Waals surface area contributed by atoms with Gasteiger partial charge in [-0.2, -0.15) is 0 Å². The topological polar surface area (TPSA) is 53.1 Å². The second-order valence-corrected chi connectivity index (χ2v) is 5.05. The van der Waals surface area contributed by atoms with Crippen LogP contribution in [0.15, 0.2) is 30.6 Å². The first-order valence-corrected chi connectivity index (χ1v) is 7.03. The monoisotopic (exact) mass is 289 g/mol. The van der Waals surface area contributed by atoms with Gasteiger partial charge in [-0.05, 0) is 24.6 Å². The number of thiocarbonyl (C=S) groups is 1. The number of rotatable bonds is 6. The number of hydrogen-bond acceptors (Lipinski definition) is 3. The van der Waals surface area contributed by atoms with Crippen LogP contribution in [0, 0.1) is 0 Å². The van der Waals surface area contributed by atoms with E-state index >= 15 is 0 Å². The van der Waals surface area contributed by atoms with Gasteiger partial charge in [-0.1, -0.05) is 19.1 Å². The summed E-state index contributed by atoms with van der Waals surface area (Å²) >= 11 is 5.03. The van der Waals surface area contributed by atoms with Gasteiger partial charge < -0.3 is 15.0 Å². The highest BCUT2D eigenvalue weighted by molar-refractivity contribution is 7.80. The lowest BCUT2D eigenvalue weighted by atomic mass is 10.1. The first kappa shape index (κ1) is 14.5. The highest BCUT2D eigenvalue weighted by atomic mass is 32.1. The molecule has 20 heavy (non-hydrogen) atoms. The van der Waals surface area contributed by atoms with Gasteiger partial charge in [0.25, 0.3) is 0 Å². The van der Waals surface area contributed by atoms with Crippen LogP contribution in [-0.2, 0) is 13.0 Å². The van der Waals surface area contributed by atoms with Gasteiger partial charge in [0.2, 0.25) is 0 Å². The fraction of sp³-hybridized carbons (Fsp3) is 0.333. The van der Waals surface area contributed by atoms with Crippen LogP contribution in [0.3, 0.4) is 0 Å². The molecule has 0 atom stereocenters. The molecule has 2 N–H and O–H groups in total. The van der Waals surface area contributed by atoms with Crippen LogP contribution >= 0.6 is 12.2 Å². The van der Waals surface area contributed by atoms with Gasteiger partial charge in [0.05, 0.1) is 13.7 Å². The molecule has 1 heterocycles. The predicted octanol–water partition coefficient (Wildman–Crippen LogP) is 2.53. The molecule has 0 radical (unpaired) electrons. The number of hydrogen-bond donors (Lipinski definition) is 1. The molecule has 0 amide bonds. The molecule has 0 fully saturated rings. The zero-order valence-corrected chi connectivity index (χ0v) is 12.6. The van der Waals surface area contributed by atoms with Gasteiger partial charge in [-0.25, -0.2) is 4.98 Å². The van der Waals surface area contributed by atoms with Crippen molar-refractivity contribution < 1.29 is 4.74 Å². The van der Waals surface area contributed by atoms with E-state index in [9.17, 15) is 0 Å². The second-order valence-electron chi connectivity index (χ2n) is 4.61. The average Bonchev–Trinajstić information content (AvgIpc) is 2.86. The fourth-order valence-corrected chi connectivity index (χ4v) is 2.30. The number of benzene rings is 1. The Hall–Kier alpha value is -1.88. The number of imidazole rings is 1. The minimum atomic E-state index is 0.397. The zero-order chi connectivity index (χ0) is 14.5. The van der Waals surface area contributed by atoms with Crippen molar-refractivity contribution in [1.29, 1.82) is 0 Å². The van der Waals surface area contributed by atoms with Crippen LogP contribution in [-0.4, -0.2) is 21.6 Å². The van der Waals surface area contributed by atoms with E-state index in [1.54, 1.807) is 7.11 Å². The number of methoxy groups -OCH3 is 1. The second kappa shape index (κ2) is 6.52. The third-order valence-electron chi connectivity index (χ3n) is 3.18. The molecule has 0 bridgehead atoms. The molecule has 0 aliphatic rings. The van der Waals surface area contributed by atoms with E-state index in [0.717, 1.165) is 35.5 Å². The molecule has 0 unspecified atom stereocenters. The summed E-state index contributed by atoms with van der Waals surface area (Å²) in [5.41, 5.74) is 7.60. The van der Waals surface area contributed by atoms with Gasteiger partial charge in [-0.3, -0.25) is 0 Å². The van der Waals surface area contributed by atoms with Crippen LogP contribution in [0.4, 0.5) is 0 Å². The van der Waals surface area contributed by atoms with Gasteiger partial charge in [0.1, 0.15) is 16.6 Å². The quantitative estimate of drug-likeness (QED) is 0.830. The van der Waals surface area contributed by atoms with Crippen molar-refractivity contribution in [1.82, 2.24) is 9.55 Å². The summed E-state index contributed by atoms with van der Waals surface area (Å²) in [5.74, 6) is 1.91. The third-order valence-corrected chi connectivity index (χ3v) is 3.42. The summed E-state index contributed by atoms with van der Waals surface area (Å²) < 4.78 is 7.54. The van der Waals surface area contributed by atoms with Crippen molar-refractivity contribution in [2.24, 2.45) is 5.73 Å². The molecule has 2 rings (SSSR count). The standard InChI is InChI=1S/C15H19N3OS/c1-3-4-14-17-7-8-18(14)10-12-9-11(15(16)20)5-6-13(12)19-2/h5-9H,3-4,10H2,1-2H3,(H2,16,20). The van der Waals surface area contributed by atoms with Crippen molar-refractivity contribution in [3.05, 3.63) is 47.5 Å². The molecule has 0 saturated heterocycles. The smallest absolute Gasteiger partial charge is 0.123 e. The van der Waals surface area contributed by atoms with Crippen LogP contribution in [0.2, 0.25) is 0 Å². The van der Waals surface area contributed by atoms with E-state index in [1.165, 1.54) is 0 Å². The van der Waals surface area contributed by atoms with Gasteiger partial charge in [0.15, 0.2) is 0 Å². The lowest BCUT2D eigenvalue weighted by Crippen LogP contribution is -2.11. The van der Waals surface area contributed by atoms with Crippen molar-refractivity contribution in [3.63, 3.8) is 0 Å². The van der Waals surface area contributed by atoms with Crippen LogP contribution in [0.5, 0.6) is 5.75 Å². The van der Waals surface area contributed by atoms with Gasteiger partial charge in [0, 0.05) is 29.9 Å². The zero-order valence-electron chi connectivity index (χ0n) is 11.8. The maximum absolute atomic E-state index is 5.70. The lowest BCUT2D eigenvalue weighted by Gasteiger charge is -2.13. The molecule has 2 aromatic rings. The van der Waals surface area contributed by atoms with E-state index in [1.807, 2.05) is 30.6 Å². The Bertz CT molecular complexity index is 607. The lowest BCUT2D eigenvalue weighted by molar-refractivity contribution is 0.408. The normalized spacial score (nSPS) is 10.5. The summed E-state index contributed by atoms with van der Waals surface area (Å²) in [6.07, 6.45) is 5.85. The minimum Gasteiger partial charge on any atom is -0.496 e. The first-order valence-electron chi connectivity index (χ1n) is 6.62. The summed E-state index contributed by atoms with van der Waals surface area (Å²) in [4.78, 5) is 4.78. The average molecular weight is 289 g/mol. The summed E-state index contributed by atoms with van der Waals surface area (Å²) in [5, 5.41) is 0. The SMILES string of the molecule is CCCc1nccn1Cc1cc(C(N)=S)ccc1OC. The summed E-state index contributed by atoms with van der Waals surface area (Å²) in [6.45, 7) is 2.85. The minimum absolute atomic E-state index is 0.397. The molecule has 1 aromatic carbocycles. The molecule has 0 spiro atoms. The maximum Gasteiger partial charge on any atom is 0.123 e. The summed E-state index contributed by atoms with van der Waals surface area (Å²) in [7, 11) is 1.67. The molecule has 0 aliphatic carbocycles. The van der Waals surface area contributed by atoms with Crippen molar-refractivity contribution in [2.45, 2.75) is 26.3 Å². The van der Waals surface area contributed by atoms with E-state index < -0.39 is 0 Å². The Labute approximate surface area is 124 Å². The molecule has 1 aromatic heterocycles. The number of aromatic nitrogens is 2. The van der Waals surface area contributed by atoms with Crippen molar-refractivity contribution in [3.8, 4) is 5.75 Å². The van der Waals surface area contributed by atoms with E-state index in [0.29, 0.717) is 11.5 Å². The van der Waals surface area contributed by atoms with Crippen molar-refractivity contribution in [2.75, 3.05) is 7.11 Å². The summed E-state index contributed by atoms with van der Waals surface area (Å²) in [6, 6.07) is 5.77. The van der Waals surface area contributed by atoms with Crippen LogP contribution < -0.4 is 10.5 Å². The fourth-order valence-electron chi connectivity index (χ4n) is 2.17. The Morgan fingerprint density at radius 1 is 1.45 bits per heavy atom. The predicted molar refractivity (Wildman–Crippen MR) is 84.2 cm³/mol. The largest absolute Gasteiger partial charge is 0.496 e. The Kier molecular flexibility index (Phi) is 4.74. The Balaban J connectivity index is 2.33. The maximum atomic E-state index is 5.70. The van der Waals surface area contributed by atoms with Gasteiger partial charge in [-0.15, -0.1) is 0 Å². The highest BCUT2D eigenvalue weighted by Gasteiger charge is 2.09. The Morgan fingerprint density at radius 2 is 2.25 bits per heavy atom. The Morgan fingerprint density at radius 3 is 2.90 bits per heavy atom. The van der Waals surface area contributed by atoms with E-state index in [2.05, 4.69) is 16.5 Å². The molecular formula is C15H19N3OS. The third kappa shape index (κ3) is 3.17. The molecule has 0 aliphatic heterocycles. The molecule has 0 saturated carbocycles.